The molecule has 3 rings (SSSR count). The van der Waals surface area contributed by atoms with E-state index < -0.39 is 27.5 Å². The van der Waals surface area contributed by atoms with E-state index in [1.165, 1.54) is 39.4 Å². The van der Waals surface area contributed by atoms with Crippen molar-refractivity contribution in [1.82, 2.24) is 14.5 Å². The molecule has 1 saturated heterocycles. The van der Waals surface area contributed by atoms with E-state index >= 15 is 0 Å². The van der Waals surface area contributed by atoms with E-state index in [1.54, 1.807) is 12.1 Å². The Morgan fingerprint density at radius 3 is 2.56 bits per heavy atom. The largest absolute Gasteiger partial charge is 0.466 e. The van der Waals surface area contributed by atoms with Crippen LogP contribution in [0.2, 0.25) is 0 Å². The number of furan rings is 2. The first-order valence-corrected chi connectivity index (χ1v) is 8.79. The summed E-state index contributed by atoms with van der Waals surface area (Å²) < 4.78 is 35.6. The quantitative estimate of drug-likeness (QED) is 0.792. The number of nitrogens with zero attached hydrogens (tertiary/aromatic N) is 2. The van der Waals surface area contributed by atoms with Crippen molar-refractivity contribution in [3.8, 4) is 0 Å². The molecule has 0 spiro atoms. The molecule has 0 radical (unpaired) electrons. The molecule has 1 fully saturated rings. The number of carbonyl (C=O) groups excluding carboxylic acids is 2. The van der Waals surface area contributed by atoms with Crippen molar-refractivity contribution in [3.05, 3.63) is 42.0 Å². The van der Waals surface area contributed by atoms with Crippen LogP contribution in [-0.2, 0) is 26.9 Å². The summed E-state index contributed by atoms with van der Waals surface area (Å²) in [6.07, 6.45) is 1.41. The van der Waals surface area contributed by atoms with Crippen molar-refractivity contribution >= 4 is 22.0 Å². The molecule has 0 bridgehead atoms. The van der Waals surface area contributed by atoms with Gasteiger partial charge in [0.05, 0.1) is 12.8 Å². The number of sulfonamides is 1. The molecule has 0 unspecified atom stereocenters. The minimum absolute atomic E-state index is 0.174. The maximum absolute atomic E-state index is 12.7. The van der Waals surface area contributed by atoms with Gasteiger partial charge in [0, 0.05) is 14.1 Å². The molecule has 2 aromatic heterocycles. The Morgan fingerprint density at radius 1 is 1.24 bits per heavy atom. The Kier molecular flexibility index (Phi) is 3.96. The molecule has 0 aliphatic carbocycles. The van der Waals surface area contributed by atoms with Gasteiger partial charge in [-0.15, -0.1) is 0 Å². The standard InChI is InChI=1S/C15H17N3O6S/c1-15(11-5-4-8-23-11)13(19)18(14(20)16-15)9-10-6-7-12(24-10)25(21,22)17(2)3/h4-8H,9H2,1-3H3,(H,16,20)/t15-/m0/s1. The van der Waals surface area contributed by atoms with Crippen LogP contribution >= 0.6 is 0 Å². The summed E-state index contributed by atoms with van der Waals surface area (Å²) in [5.41, 5.74) is -1.31. The summed E-state index contributed by atoms with van der Waals surface area (Å²) in [6, 6.07) is 5.30. The van der Waals surface area contributed by atoms with Crippen molar-refractivity contribution in [3.63, 3.8) is 0 Å². The molecule has 1 aliphatic rings. The molecule has 25 heavy (non-hydrogen) atoms. The lowest BCUT2D eigenvalue weighted by molar-refractivity contribution is -0.132. The molecule has 1 aliphatic heterocycles. The van der Waals surface area contributed by atoms with Crippen molar-refractivity contribution in [2.75, 3.05) is 14.1 Å². The van der Waals surface area contributed by atoms with Gasteiger partial charge in [-0.3, -0.25) is 9.69 Å². The Morgan fingerprint density at radius 2 is 1.96 bits per heavy atom. The van der Waals surface area contributed by atoms with Gasteiger partial charge in [0.25, 0.3) is 15.9 Å². The van der Waals surface area contributed by atoms with Crippen molar-refractivity contribution < 1.29 is 26.8 Å². The van der Waals surface area contributed by atoms with E-state index in [2.05, 4.69) is 5.32 Å². The van der Waals surface area contributed by atoms with Gasteiger partial charge in [-0.1, -0.05) is 0 Å². The van der Waals surface area contributed by atoms with E-state index in [9.17, 15) is 18.0 Å². The molecule has 134 valence electrons. The van der Waals surface area contributed by atoms with Crippen LogP contribution in [0.15, 0.2) is 44.5 Å². The van der Waals surface area contributed by atoms with Crippen molar-refractivity contribution in [1.29, 1.82) is 0 Å². The summed E-state index contributed by atoms with van der Waals surface area (Å²) in [5, 5.41) is 2.33. The second kappa shape index (κ2) is 5.74. The molecule has 0 aromatic carbocycles. The second-order valence-corrected chi connectivity index (χ2v) is 8.01. The second-order valence-electron chi connectivity index (χ2n) is 5.93. The molecule has 0 saturated carbocycles. The summed E-state index contributed by atoms with van der Waals surface area (Å²) >= 11 is 0. The van der Waals surface area contributed by atoms with Crippen LogP contribution in [0.4, 0.5) is 4.79 Å². The molecular weight excluding hydrogens is 350 g/mol. The molecule has 3 heterocycles. The summed E-state index contributed by atoms with van der Waals surface area (Å²) in [7, 11) is -0.970. The zero-order valence-electron chi connectivity index (χ0n) is 13.8. The van der Waals surface area contributed by atoms with Crippen molar-refractivity contribution in [2.45, 2.75) is 24.1 Å². The maximum Gasteiger partial charge on any atom is 0.325 e. The van der Waals surface area contributed by atoms with E-state index in [4.69, 9.17) is 8.83 Å². The SMILES string of the molecule is CN(C)S(=O)(=O)c1ccc(CN2C(=O)N[C@@](C)(c3ccco3)C2=O)o1. The van der Waals surface area contributed by atoms with Gasteiger partial charge < -0.3 is 14.2 Å². The smallest absolute Gasteiger partial charge is 0.325 e. The monoisotopic (exact) mass is 367 g/mol. The highest BCUT2D eigenvalue weighted by atomic mass is 32.2. The third kappa shape index (κ3) is 2.72. The Labute approximate surface area is 144 Å². The predicted octanol–water partition coefficient (Wildman–Crippen LogP) is 1.09. The van der Waals surface area contributed by atoms with E-state index in [0.29, 0.717) is 5.76 Å². The van der Waals surface area contributed by atoms with Crippen LogP contribution < -0.4 is 5.32 Å². The lowest BCUT2D eigenvalue weighted by Gasteiger charge is -2.18. The van der Waals surface area contributed by atoms with Gasteiger partial charge in [0.2, 0.25) is 5.09 Å². The van der Waals surface area contributed by atoms with Crippen LogP contribution in [0.25, 0.3) is 0 Å². The zero-order valence-corrected chi connectivity index (χ0v) is 14.7. The highest BCUT2D eigenvalue weighted by molar-refractivity contribution is 7.88. The fourth-order valence-corrected chi connectivity index (χ4v) is 3.30. The van der Waals surface area contributed by atoms with Gasteiger partial charge in [-0.25, -0.2) is 17.5 Å². The Balaban J connectivity index is 1.84. The Hall–Kier alpha value is -2.59. The molecule has 10 heteroatoms. The zero-order chi connectivity index (χ0) is 18.4. The van der Waals surface area contributed by atoms with Gasteiger partial charge in [0.15, 0.2) is 5.54 Å². The third-order valence-electron chi connectivity index (χ3n) is 3.97. The van der Waals surface area contributed by atoms with Crippen LogP contribution in [0.1, 0.15) is 18.4 Å². The molecular formula is C15H17N3O6S. The number of nitrogens with one attached hydrogen (secondary N) is 1. The van der Waals surface area contributed by atoms with E-state index in [-0.39, 0.29) is 17.4 Å². The van der Waals surface area contributed by atoms with Crippen LogP contribution in [0.3, 0.4) is 0 Å². The summed E-state index contributed by atoms with van der Waals surface area (Å²) in [4.78, 5) is 25.8. The third-order valence-corrected chi connectivity index (χ3v) is 5.66. The molecule has 1 N–H and O–H groups in total. The molecule has 2 aromatic rings. The minimum atomic E-state index is -3.73. The Bertz CT molecular complexity index is 915. The fraction of sp³-hybridized carbons (Fsp3) is 0.333. The first kappa shape index (κ1) is 17.2. The van der Waals surface area contributed by atoms with Crippen LogP contribution in [0.5, 0.6) is 0 Å². The molecule has 3 amide bonds. The maximum atomic E-state index is 12.7. The highest BCUT2D eigenvalue weighted by Crippen LogP contribution is 2.30. The summed E-state index contributed by atoms with van der Waals surface area (Å²) in [6.45, 7) is 1.35. The van der Waals surface area contributed by atoms with Gasteiger partial charge in [0.1, 0.15) is 11.5 Å². The average molecular weight is 367 g/mol. The van der Waals surface area contributed by atoms with Crippen LogP contribution in [0, 0.1) is 0 Å². The summed E-state index contributed by atoms with van der Waals surface area (Å²) in [5.74, 6) is -0.0304. The normalized spacial score (nSPS) is 21.2. The highest BCUT2D eigenvalue weighted by Gasteiger charge is 2.51. The first-order valence-electron chi connectivity index (χ1n) is 7.35. The molecule has 1 atom stereocenters. The number of rotatable bonds is 5. The van der Waals surface area contributed by atoms with Gasteiger partial charge >= 0.3 is 6.03 Å². The average Bonchev–Trinajstić information content (AvgIpc) is 3.26. The van der Waals surface area contributed by atoms with E-state index in [0.717, 1.165) is 9.21 Å². The number of amides is 3. The van der Waals surface area contributed by atoms with Crippen molar-refractivity contribution in [2.24, 2.45) is 0 Å². The van der Waals surface area contributed by atoms with E-state index in [1.807, 2.05) is 0 Å². The number of hydrogen-bond donors (Lipinski definition) is 1. The van der Waals surface area contributed by atoms with Gasteiger partial charge in [-0.2, -0.15) is 0 Å². The predicted molar refractivity (Wildman–Crippen MR) is 84.7 cm³/mol. The number of urea groups is 1. The lowest BCUT2D eigenvalue weighted by Crippen LogP contribution is -2.40. The number of imide groups is 1. The first-order chi connectivity index (χ1) is 11.7. The van der Waals surface area contributed by atoms with Crippen LogP contribution in [-0.4, -0.2) is 43.7 Å². The topological polar surface area (TPSA) is 113 Å². The molecule has 9 nitrogen and oxygen atoms in total. The number of carbonyl (C=O) groups is 2. The number of hydrogen-bond acceptors (Lipinski definition) is 6. The lowest BCUT2D eigenvalue weighted by atomic mass is 9.99. The fourth-order valence-electron chi connectivity index (χ4n) is 2.49. The van der Waals surface area contributed by atoms with Gasteiger partial charge in [-0.05, 0) is 31.2 Å². The minimum Gasteiger partial charge on any atom is -0.466 e.